The molecule has 0 aliphatic carbocycles. The Bertz CT molecular complexity index is 944. The average Bonchev–Trinajstić information content (AvgIpc) is 3.11. The van der Waals surface area contributed by atoms with Gasteiger partial charge in [0.1, 0.15) is 6.61 Å². The summed E-state index contributed by atoms with van der Waals surface area (Å²) in [4.78, 5) is 24.2. The van der Waals surface area contributed by atoms with E-state index in [9.17, 15) is 19.8 Å². The lowest BCUT2D eigenvalue weighted by Gasteiger charge is -2.15. The van der Waals surface area contributed by atoms with Gasteiger partial charge in [-0.25, -0.2) is 0 Å². The zero-order valence-corrected chi connectivity index (χ0v) is 32.0. The van der Waals surface area contributed by atoms with Gasteiger partial charge in [-0.2, -0.15) is 0 Å². The summed E-state index contributed by atoms with van der Waals surface area (Å²) in [6.07, 6.45) is 48.6. The number of aliphatic hydroxyl groups is 2. The average molecular weight is 699 g/mol. The van der Waals surface area contributed by atoms with E-state index in [1.807, 2.05) is 36.5 Å². The highest BCUT2D eigenvalue weighted by Crippen LogP contribution is 2.14. The van der Waals surface area contributed by atoms with Gasteiger partial charge in [-0.05, 0) is 44.9 Å². The third kappa shape index (κ3) is 36.6. The fourth-order valence-corrected chi connectivity index (χ4v) is 5.31. The zero-order valence-electron chi connectivity index (χ0n) is 32.0. The van der Waals surface area contributed by atoms with Crippen LogP contribution in [0.4, 0.5) is 0 Å². The Hall–Kier alpha value is -2.70. The van der Waals surface area contributed by atoms with Crippen LogP contribution in [0.1, 0.15) is 168 Å². The van der Waals surface area contributed by atoms with E-state index in [2.05, 4.69) is 44.2 Å². The van der Waals surface area contributed by atoms with Crippen LogP contribution in [0.3, 0.4) is 0 Å². The van der Waals surface area contributed by atoms with Crippen molar-refractivity contribution in [3.63, 3.8) is 0 Å². The van der Waals surface area contributed by atoms with Crippen LogP contribution in [0.5, 0.6) is 0 Å². The molecular weight excluding hydrogens is 624 g/mol. The van der Waals surface area contributed by atoms with Crippen LogP contribution in [0.15, 0.2) is 72.9 Å². The molecule has 2 N–H and O–H groups in total. The monoisotopic (exact) mass is 699 g/mol. The molecular formula is C44H74O6. The summed E-state index contributed by atoms with van der Waals surface area (Å²) in [6, 6.07) is 0. The summed E-state index contributed by atoms with van der Waals surface area (Å²) >= 11 is 0. The fraction of sp³-hybridized carbons (Fsp3) is 0.682. The molecule has 2 atom stereocenters. The lowest BCUT2D eigenvalue weighted by molar-refractivity contribution is -0.161. The summed E-state index contributed by atoms with van der Waals surface area (Å²) in [5.74, 6) is -0.720. The molecule has 0 aromatic heterocycles. The molecule has 0 bridgehead atoms. The predicted molar refractivity (Wildman–Crippen MR) is 211 cm³/mol. The Morgan fingerprint density at radius 2 is 1.10 bits per heavy atom. The summed E-state index contributed by atoms with van der Waals surface area (Å²) in [5.41, 5.74) is 0. The van der Waals surface area contributed by atoms with Gasteiger partial charge in [-0.15, -0.1) is 0 Å². The maximum absolute atomic E-state index is 12.1. The number of unbranched alkanes of at least 4 members (excludes halogenated alkanes) is 15. The van der Waals surface area contributed by atoms with Gasteiger partial charge in [0.15, 0.2) is 6.10 Å². The highest BCUT2D eigenvalue weighted by molar-refractivity contribution is 5.70. The second kappa shape index (κ2) is 39.1. The van der Waals surface area contributed by atoms with Crippen molar-refractivity contribution in [2.45, 2.75) is 180 Å². The minimum atomic E-state index is -0.829. The number of carbonyl (C=O) groups excluding carboxylic acids is 2. The normalized spacial score (nSPS) is 13.6. The Labute approximate surface area is 306 Å². The van der Waals surface area contributed by atoms with Gasteiger partial charge in [-0.1, -0.05) is 183 Å². The second-order valence-electron chi connectivity index (χ2n) is 13.2. The smallest absolute Gasteiger partial charge is 0.306 e. The van der Waals surface area contributed by atoms with E-state index in [1.54, 1.807) is 6.08 Å². The Kier molecular flexibility index (Phi) is 37.0. The molecule has 0 aliphatic rings. The first-order valence-electron chi connectivity index (χ1n) is 20.1. The first-order valence-corrected chi connectivity index (χ1v) is 20.1. The minimum Gasteiger partial charge on any atom is -0.462 e. The van der Waals surface area contributed by atoms with Gasteiger partial charge in [0.05, 0.1) is 12.7 Å². The lowest BCUT2D eigenvalue weighted by atomic mass is 10.0. The summed E-state index contributed by atoms with van der Waals surface area (Å²) < 4.78 is 10.5. The lowest BCUT2D eigenvalue weighted by Crippen LogP contribution is -2.28. The number of rotatable bonds is 35. The van der Waals surface area contributed by atoms with Crippen molar-refractivity contribution in [2.75, 3.05) is 13.2 Å². The van der Waals surface area contributed by atoms with Crippen LogP contribution in [0.2, 0.25) is 0 Å². The molecule has 50 heavy (non-hydrogen) atoms. The molecule has 6 heteroatoms. The van der Waals surface area contributed by atoms with Gasteiger partial charge in [-0.3, -0.25) is 9.59 Å². The minimum absolute atomic E-state index is 0.111. The van der Waals surface area contributed by atoms with Crippen molar-refractivity contribution in [2.24, 2.45) is 0 Å². The van der Waals surface area contributed by atoms with Crippen molar-refractivity contribution in [3.05, 3.63) is 72.9 Å². The maximum atomic E-state index is 12.1. The van der Waals surface area contributed by atoms with E-state index in [0.29, 0.717) is 19.3 Å². The molecule has 0 radical (unpaired) electrons. The molecule has 0 aromatic carbocycles. The second-order valence-corrected chi connectivity index (χ2v) is 13.2. The first kappa shape index (κ1) is 47.3. The van der Waals surface area contributed by atoms with E-state index in [0.717, 1.165) is 44.9 Å². The van der Waals surface area contributed by atoms with Crippen LogP contribution in [-0.2, 0) is 19.1 Å². The highest BCUT2D eigenvalue weighted by atomic mass is 16.6. The quantitative estimate of drug-likeness (QED) is 0.0296. The fourth-order valence-electron chi connectivity index (χ4n) is 5.31. The number of hydrogen-bond donors (Lipinski definition) is 2. The zero-order chi connectivity index (χ0) is 36.6. The third-order valence-electron chi connectivity index (χ3n) is 8.36. The number of esters is 2. The molecule has 0 amide bonds. The molecule has 0 heterocycles. The van der Waals surface area contributed by atoms with Gasteiger partial charge < -0.3 is 19.7 Å². The van der Waals surface area contributed by atoms with Crippen molar-refractivity contribution in [3.8, 4) is 0 Å². The molecule has 0 aromatic rings. The molecule has 0 rings (SSSR count). The van der Waals surface area contributed by atoms with Crippen LogP contribution in [0.25, 0.3) is 0 Å². The molecule has 0 fully saturated rings. The largest absolute Gasteiger partial charge is 0.462 e. The number of ether oxygens (including phenoxy) is 2. The summed E-state index contributed by atoms with van der Waals surface area (Å²) in [6.45, 7) is 3.89. The van der Waals surface area contributed by atoms with Gasteiger partial charge in [0, 0.05) is 12.8 Å². The van der Waals surface area contributed by atoms with E-state index in [1.165, 1.54) is 83.5 Å². The standard InChI is InChI=1S/C44H74O6/c1-3-5-7-9-11-12-13-14-15-16-17-18-22-25-29-33-37-43(47)49-40-42(39-45)50-44(48)38-34-30-26-23-20-19-21-24-28-32-36-41(46)35-31-27-10-8-6-4-2/h6,8,19-20,24,26-28,30-32,36,41-42,45-46H,3-5,7,9-18,21-23,25,29,33-35,37-40H2,1-2H3/b8-6-,20-19-,28-24-,30-26-,31-27-,36-32+/t41?,42-/m0/s1. The third-order valence-corrected chi connectivity index (χ3v) is 8.36. The molecule has 0 saturated heterocycles. The van der Waals surface area contributed by atoms with Crippen molar-refractivity contribution in [1.29, 1.82) is 0 Å². The molecule has 6 nitrogen and oxygen atoms in total. The SMILES string of the molecule is CC/C=C\C/C=C\CC(O)/C=C/C=C\C/C=C\C/C=C\CCC(=O)O[C@@H](CO)COC(=O)CCCCCCCCCCCCCCCCCC. The van der Waals surface area contributed by atoms with Crippen LogP contribution in [0, 0.1) is 0 Å². The molecule has 286 valence electrons. The summed E-state index contributed by atoms with van der Waals surface area (Å²) in [7, 11) is 0. The van der Waals surface area contributed by atoms with Crippen molar-refractivity contribution < 1.29 is 29.3 Å². The van der Waals surface area contributed by atoms with E-state index >= 15 is 0 Å². The van der Waals surface area contributed by atoms with Gasteiger partial charge in [0.2, 0.25) is 0 Å². The van der Waals surface area contributed by atoms with E-state index in [-0.39, 0.29) is 25.6 Å². The van der Waals surface area contributed by atoms with Crippen LogP contribution < -0.4 is 0 Å². The molecule has 0 aliphatic heterocycles. The Balaban J connectivity index is 3.75. The van der Waals surface area contributed by atoms with Gasteiger partial charge >= 0.3 is 11.9 Å². The molecule has 0 spiro atoms. The molecule has 0 saturated carbocycles. The van der Waals surface area contributed by atoms with Crippen molar-refractivity contribution >= 4 is 11.9 Å². The Morgan fingerprint density at radius 1 is 0.580 bits per heavy atom. The topological polar surface area (TPSA) is 93.1 Å². The number of aliphatic hydroxyl groups excluding tert-OH is 2. The molecule has 1 unspecified atom stereocenters. The van der Waals surface area contributed by atoms with Crippen LogP contribution in [-0.4, -0.2) is 47.6 Å². The van der Waals surface area contributed by atoms with E-state index < -0.39 is 18.2 Å². The van der Waals surface area contributed by atoms with Crippen LogP contribution >= 0.6 is 0 Å². The number of carbonyl (C=O) groups is 2. The predicted octanol–water partition coefficient (Wildman–Crippen LogP) is 11.5. The Morgan fingerprint density at radius 3 is 1.68 bits per heavy atom. The van der Waals surface area contributed by atoms with E-state index in [4.69, 9.17) is 9.47 Å². The highest BCUT2D eigenvalue weighted by Gasteiger charge is 2.15. The number of allylic oxidation sites excluding steroid dienone is 10. The summed E-state index contributed by atoms with van der Waals surface area (Å²) in [5, 5.41) is 19.5. The first-order chi connectivity index (χ1) is 24.5. The van der Waals surface area contributed by atoms with Crippen molar-refractivity contribution in [1.82, 2.24) is 0 Å². The maximum Gasteiger partial charge on any atom is 0.306 e. The number of hydrogen-bond acceptors (Lipinski definition) is 6. The van der Waals surface area contributed by atoms with Gasteiger partial charge in [0.25, 0.3) is 0 Å².